The van der Waals surface area contributed by atoms with Gasteiger partial charge in [-0.25, -0.2) is 0 Å². The Kier molecular flexibility index (Phi) is 4.45. The molecule has 0 spiro atoms. The van der Waals surface area contributed by atoms with Crippen molar-refractivity contribution >= 4 is 17.3 Å². The molecule has 2 rings (SSSR count). The minimum Gasteiger partial charge on any atom is -0.393 e. The van der Waals surface area contributed by atoms with Gasteiger partial charge in [-0.2, -0.15) is 0 Å². The number of nitrogens with zero attached hydrogens (tertiary/aromatic N) is 2. The quantitative estimate of drug-likeness (QED) is 0.492. The SMILES string of the molecule is Nc1cc(C(=O)NCCc2ccncc2)ccc1[N+](=O)[O-]. The maximum Gasteiger partial charge on any atom is 0.292 e. The molecule has 7 heteroatoms. The van der Waals surface area contributed by atoms with Crippen LogP contribution in [0.1, 0.15) is 15.9 Å². The Labute approximate surface area is 121 Å². The van der Waals surface area contributed by atoms with E-state index in [1.807, 2.05) is 12.1 Å². The molecule has 1 aromatic carbocycles. The second-order valence-electron chi connectivity index (χ2n) is 4.39. The monoisotopic (exact) mass is 286 g/mol. The van der Waals surface area contributed by atoms with Gasteiger partial charge in [-0.15, -0.1) is 0 Å². The number of nitrogen functional groups attached to an aromatic ring is 1. The van der Waals surface area contributed by atoms with Gasteiger partial charge in [-0.1, -0.05) is 0 Å². The summed E-state index contributed by atoms with van der Waals surface area (Å²) in [6.45, 7) is 0.458. The van der Waals surface area contributed by atoms with Crippen molar-refractivity contribution in [1.82, 2.24) is 10.3 Å². The van der Waals surface area contributed by atoms with Gasteiger partial charge in [0.1, 0.15) is 5.69 Å². The number of rotatable bonds is 5. The Morgan fingerprint density at radius 1 is 1.29 bits per heavy atom. The summed E-state index contributed by atoms with van der Waals surface area (Å²) in [5.41, 5.74) is 6.68. The van der Waals surface area contributed by atoms with Crippen molar-refractivity contribution in [2.24, 2.45) is 0 Å². The number of benzene rings is 1. The zero-order valence-electron chi connectivity index (χ0n) is 11.2. The first kappa shape index (κ1) is 14.4. The van der Waals surface area contributed by atoms with Gasteiger partial charge >= 0.3 is 0 Å². The first-order valence-corrected chi connectivity index (χ1v) is 6.29. The van der Waals surface area contributed by atoms with Gasteiger partial charge in [0, 0.05) is 30.6 Å². The number of nitrogens with one attached hydrogen (secondary N) is 1. The maximum atomic E-state index is 11.9. The van der Waals surface area contributed by atoms with Crippen molar-refractivity contribution in [3.8, 4) is 0 Å². The number of nitro benzene ring substituents is 1. The van der Waals surface area contributed by atoms with Crippen LogP contribution < -0.4 is 11.1 Å². The van der Waals surface area contributed by atoms with Gasteiger partial charge in [0.05, 0.1) is 4.92 Å². The summed E-state index contributed by atoms with van der Waals surface area (Å²) in [6, 6.07) is 7.66. The number of nitrogens with two attached hydrogens (primary N) is 1. The van der Waals surface area contributed by atoms with Gasteiger partial charge < -0.3 is 11.1 Å². The highest BCUT2D eigenvalue weighted by Crippen LogP contribution is 2.21. The van der Waals surface area contributed by atoms with Crippen molar-refractivity contribution in [3.05, 3.63) is 64.0 Å². The van der Waals surface area contributed by atoms with Crippen LogP contribution in [0.15, 0.2) is 42.7 Å². The molecule has 1 amide bonds. The molecule has 0 aliphatic rings. The molecule has 3 N–H and O–H groups in total. The summed E-state index contributed by atoms with van der Waals surface area (Å²) in [4.78, 5) is 25.9. The minimum absolute atomic E-state index is 0.0261. The average molecular weight is 286 g/mol. The number of carbonyl (C=O) groups is 1. The molecule has 0 atom stereocenters. The van der Waals surface area contributed by atoms with E-state index in [0.29, 0.717) is 18.5 Å². The number of hydrogen-bond donors (Lipinski definition) is 2. The Bertz CT molecular complexity index is 659. The standard InChI is InChI=1S/C14H14N4O3/c15-12-9-11(1-2-13(12)18(20)21)14(19)17-8-5-10-3-6-16-7-4-10/h1-4,6-7,9H,5,8,15H2,(H,17,19). The van der Waals surface area contributed by atoms with Crippen LogP contribution in [0.25, 0.3) is 0 Å². The van der Waals surface area contributed by atoms with E-state index in [0.717, 1.165) is 5.56 Å². The Morgan fingerprint density at radius 3 is 2.62 bits per heavy atom. The summed E-state index contributed by atoms with van der Waals surface area (Å²) in [5.74, 6) is -0.314. The summed E-state index contributed by atoms with van der Waals surface area (Å²) in [7, 11) is 0. The van der Waals surface area contributed by atoms with Crippen LogP contribution in [-0.2, 0) is 6.42 Å². The molecule has 0 aliphatic heterocycles. The molecule has 0 unspecified atom stereocenters. The molecular formula is C14H14N4O3. The van der Waals surface area contributed by atoms with Crippen molar-refractivity contribution in [2.45, 2.75) is 6.42 Å². The highest BCUT2D eigenvalue weighted by molar-refractivity contribution is 5.95. The Balaban J connectivity index is 1.94. The van der Waals surface area contributed by atoms with Crippen molar-refractivity contribution in [3.63, 3.8) is 0 Å². The molecule has 0 aliphatic carbocycles. The van der Waals surface area contributed by atoms with Crippen LogP contribution in [0.5, 0.6) is 0 Å². The highest BCUT2D eigenvalue weighted by atomic mass is 16.6. The molecule has 0 saturated heterocycles. The van der Waals surface area contributed by atoms with Crippen molar-refractivity contribution < 1.29 is 9.72 Å². The molecule has 21 heavy (non-hydrogen) atoms. The van der Waals surface area contributed by atoms with Gasteiger partial charge in [0.2, 0.25) is 0 Å². The molecule has 0 bridgehead atoms. The van der Waals surface area contributed by atoms with Crippen LogP contribution in [0.3, 0.4) is 0 Å². The first-order valence-electron chi connectivity index (χ1n) is 6.29. The van der Waals surface area contributed by atoms with E-state index in [1.54, 1.807) is 12.4 Å². The molecule has 1 heterocycles. The van der Waals surface area contributed by atoms with E-state index in [4.69, 9.17) is 5.73 Å². The topological polar surface area (TPSA) is 111 Å². The average Bonchev–Trinajstić information content (AvgIpc) is 2.47. The number of pyridine rings is 1. The number of nitro groups is 1. The van der Waals surface area contributed by atoms with E-state index in [1.165, 1.54) is 18.2 Å². The molecule has 0 saturated carbocycles. The third-order valence-corrected chi connectivity index (χ3v) is 2.94. The Morgan fingerprint density at radius 2 is 2.00 bits per heavy atom. The van der Waals surface area contributed by atoms with Crippen molar-refractivity contribution in [2.75, 3.05) is 12.3 Å². The minimum atomic E-state index is -0.583. The summed E-state index contributed by atoms with van der Waals surface area (Å²) in [6.07, 6.45) is 4.05. The number of amides is 1. The fourth-order valence-corrected chi connectivity index (χ4v) is 1.83. The lowest BCUT2D eigenvalue weighted by Crippen LogP contribution is -2.25. The highest BCUT2D eigenvalue weighted by Gasteiger charge is 2.14. The maximum absolute atomic E-state index is 11.9. The smallest absolute Gasteiger partial charge is 0.292 e. The number of carbonyl (C=O) groups excluding carboxylic acids is 1. The second-order valence-corrected chi connectivity index (χ2v) is 4.39. The normalized spacial score (nSPS) is 10.1. The molecule has 7 nitrogen and oxygen atoms in total. The molecule has 2 aromatic rings. The second kappa shape index (κ2) is 6.47. The fourth-order valence-electron chi connectivity index (χ4n) is 1.83. The molecule has 0 radical (unpaired) electrons. The predicted octanol–water partition coefficient (Wildman–Crippen LogP) is 1.54. The third kappa shape index (κ3) is 3.75. The lowest BCUT2D eigenvalue weighted by molar-refractivity contribution is -0.383. The summed E-state index contributed by atoms with van der Waals surface area (Å²) >= 11 is 0. The number of hydrogen-bond acceptors (Lipinski definition) is 5. The largest absolute Gasteiger partial charge is 0.393 e. The number of anilines is 1. The van der Waals surface area contributed by atoms with Gasteiger partial charge in [-0.3, -0.25) is 19.9 Å². The van der Waals surface area contributed by atoms with Crippen LogP contribution in [0.2, 0.25) is 0 Å². The van der Waals surface area contributed by atoms with Gasteiger partial charge in [0.25, 0.3) is 11.6 Å². The lowest BCUT2D eigenvalue weighted by Gasteiger charge is -2.06. The van der Waals surface area contributed by atoms with E-state index in [2.05, 4.69) is 10.3 Å². The summed E-state index contributed by atoms with van der Waals surface area (Å²) in [5, 5.41) is 13.4. The molecular weight excluding hydrogens is 272 g/mol. The number of aromatic nitrogens is 1. The first-order chi connectivity index (χ1) is 10.1. The zero-order chi connectivity index (χ0) is 15.2. The molecule has 108 valence electrons. The lowest BCUT2D eigenvalue weighted by atomic mass is 10.1. The fraction of sp³-hybridized carbons (Fsp3) is 0.143. The van der Waals surface area contributed by atoms with Crippen LogP contribution in [-0.4, -0.2) is 22.4 Å². The van der Waals surface area contributed by atoms with Crippen LogP contribution in [0.4, 0.5) is 11.4 Å². The van der Waals surface area contributed by atoms with Crippen LogP contribution in [0, 0.1) is 10.1 Å². The van der Waals surface area contributed by atoms with E-state index in [-0.39, 0.29) is 17.3 Å². The van der Waals surface area contributed by atoms with Gasteiger partial charge in [-0.05, 0) is 36.2 Å². The molecule has 0 fully saturated rings. The zero-order valence-corrected chi connectivity index (χ0v) is 11.2. The van der Waals surface area contributed by atoms with E-state index >= 15 is 0 Å². The third-order valence-electron chi connectivity index (χ3n) is 2.94. The summed E-state index contributed by atoms with van der Waals surface area (Å²) < 4.78 is 0. The van der Waals surface area contributed by atoms with Crippen molar-refractivity contribution in [1.29, 1.82) is 0 Å². The van der Waals surface area contributed by atoms with E-state index in [9.17, 15) is 14.9 Å². The van der Waals surface area contributed by atoms with Crippen LogP contribution >= 0.6 is 0 Å². The molecule has 1 aromatic heterocycles. The van der Waals surface area contributed by atoms with Gasteiger partial charge in [0.15, 0.2) is 0 Å². The van der Waals surface area contributed by atoms with E-state index < -0.39 is 4.92 Å². The predicted molar refractivity (Wildman–Crippen MR) is 77.8 cm³/mol. The Hall–Kier alpha value is -2.96.